The van der Waals surface area contributed by atoms with Gasteiger partial charge in [-0.2, -0.15) is 0 Å². The number of ether oxygens (including phenoxy) is 1. The molecule has 3 nitrogen and oxygen atoms in total. The van der Waals surface area contributed by atoms with Crippen LogP contribution in [0.4, 0.5) is 0 Å². The summed E-state index contributed by atoms with van der Waals surface area (Å²) in [6.45, 7) is 0. The average molecular weight is 221 g/mol. The average Bonchev–Trinajstić information content (AvgIpc) is 2.29. The van der Waals surface area contributed by atoms with Gasteiger partial charge in [-0.05, 0) is 18.2 Å². The van der Waals surface area contributed by atoms with Crippen molar-refractivity contribution in [1.82, 2.24) is 10.2 Å². The Morgan fingerprint density at radius 1 is 1.13 bits per heavy atom. The van der Waals surface area contributed by atoms with E-state index >= 15 is 0 Å². The fourth-order valence-corrected chi connectivity index (χ4v) is 1.42. The lowest BCUT2D eigenvalue weighted by Crippen LogP contribution is -1.91. The van der Waals surface area contributed by atoms with E-state index in [4.69, 9.17) is 16.3 Å². The lowest BCUT2D eigenvalue weighted by atomic mass is 10.1. The van der Waals surface area contributed by atoms with Gasteiger partial charge in [-0.3, -0.25) is 0 Å². The molecule has 0 radical (unpaired) electrons. The van der Waals surface area contributed by atoms with Crippen LogP contribution in [0.1, 0.15) is 0 Å². The maximum absolute atomic E-state index is 5.88. The molecule has 2 rings (SSSR count). The molecule has 0 saturated heterocycles. The lowest BCUT2D eigenvalue weighted by molar-refractivity contribution is 0.392. The van der Waals surface area contributed by atoms with Crippen molar-refractivity contribution in [2.24, 2.45) is 0 Å². The molecule has 0 aliphatic carbocycles. The summed E-state index contributed by atoms with van der Waals surface area (Å²) < 4.78 is 4.93. The summed E-state index contributed by atoms with van der Waals surface area (Å²) in [7, 11) is 1.56. The summed E-state index contributed by atoms with van der Waals surface area (Å²) in [6, 6.07) is 11.1. The Kier molecular flexibility index (Phi) is 2.83. The fourth-order valence-electron chi connectivity index (χ4n) is 1.23. The highest BCUT2D eigenvalue weighted by molar-refractivity contribution is 6.30. The van der Waals surface area contributed by atoms with E-state index in [1.54, 1.807) is 13.2 Å². The van der Waals surface area contributed by atoms with Crippen molar-refractivity contribution in [2.75, 3.05) is 7.11 Å². The molecule has 2 aromatic rings. The van der Waals surface area contributed by atoms with Gasteiger partial charge in [0.1, 0.15) is 0 Å². The van der Waals surface area contributed by atoms with Crippen LogP contribution in [0.5, 0.6) is 5.88 Å². The van der Waals surface area contributed by atoms with Gasteiger partial charge in [0.2, 0.25) is 5.88 Å². The second-order valence-corrected chi connectivity index (χ2v) is 3.41. The van der Waals surface area contributed by atoms with Crippen molar-refractivity contribution in [3.05, 3.63) is 41.4 Å². The third-order valence-corrected chi connectivity index (χ3v) is 2.20. The van der Waals surface area contributed by atoms with Crippen molar-refractivity contribution < 1.29 is 4.74 Å². The molecule has 1 heterocycles. The van der Waals surface area contributed by atoms with Crippen LogP contribution in [-0.4, -0.2) is 17.3 Å². The third-order valence-electron chi connectivity index (χ3n) is 1.97. The van der Waals surface area contributed by atoms with Gasteiger partial charge >= 0.3 is 0 Å². The Labute approximate surface area is 92.7 Å². The molecule has 0 unspecified atom stereocenters. The number of hydrogen-bond donors (Lipinski definition) is 0. The van der Waals surface area contributed by atoms with Crippen LogP contribution < -0.4 is 4.74 Å². The summed E-state index contributed by atoms with van der Waals surface area (Å²) >= 11 is 5.88. The van der Waals surface area contributed by atoms with Crippen LogP contribution in [0, 0.1) is 0 Å². The summed E-state index contributed by atoms with van der Waals surface area (Å²) in [6.07, 6.45) is 0. The van der Waals surface area contributed by atoms with Crippen molar-refractivity contribution in [3.63, 3.8) is 0 Å². The molecule has 1 aromatic heterocycles. The van der Waals surface area contributed by atoms with Crippen LogP contribution in [0.3, 0.4) is 0 Å². The van der Waals surface area contributed by atoms with Crippen LogP contribution >= 0.6 is 11.6 Å². The molecule has 0 N–H and O–H groups in total. The predicted octanol–water partition coefficient (Wildman–Crippen LogP) is 2.81. The Morgan fingerprint density at radius 3 is 2.60 bits per heavy atom. The summed E-state index contributed by atoms with van der Waals surface area (Å²) in [4.78, 5) is 0. The van der Waals surface area contributed by atoms with E-state index < -0.39 is 0 Å². The molecule has 0 aliphatic rings. The van der Waals surface area contributed by atoms with E-state index in [0.717, 1.165) is 11.3 Å². The van der Waals surface area contributed by atoms with Crippen molar-refractivity contribution in [1.29, 1.82) is 0 Å². The van der Waals surface area contributed by atoms with Crippen LogP contribution in [0.25, 0.3) is 11.3 Å². The van der Waals surface area contributed by atoms with Gasteiger partial charge in [0, 0.05) is 16.7 Å². The SMILES string of the molecule is COc1ccc(-c2cccc(Cl)c2)nn1. The number of benzene rings is 1. The molecule has 1 aromatic carbocycles. The summed E-state index contributed by atoms with van der Waals surface area (Å²) in [5, 5.41) is 8.60. The highest BCUT2D eigenvalue weighted by Gasteiger charge is 2.01. The fraction of sp³-hybridized carbons (Fsp3) is 0.0909. The highest BCUT2D eigenvalue weighted by Crippen LogP contribution is 2.20. The first-order valence-corrected chi connectivity index (χ1v) is 4.81. The zero-order valence-corrected chi connectivity index (χ0v) is 8.90. The van der Waals surface area contributed by atoms with Crippen LogP contribution in [0.15, 0.2) is 36.4 Å². The van der Waals surface area contributed by atoms with Crippen LogP contribution in [0.2, 0.25) is 5.02 Å². The molecule has 0 spiro atoms. The van der Waals surface area contributed by atoms with Crippen molar-refractivity contribution >= 4 is 11.6 Å². The Morgan fingerprint density at radius 2 is 2.00 bits per heavy atom. The molecule has 15 heavy (non-hydrogen) atoms. The van der Waals surface area contributed by atoms with Gasteiger partial charge in [0.15, 0.2) is 0 Å². The molecular formula is C11H9ClN2O. The summed E-state index contributed by atoms with van der Waals surface area (Å²) in [5.74, 6) is 0.501. The first kappa shape index (κ1) is 9.93. The Hall–Kier alpha value is -1.61. The first-order valence-electron chi connectivity index (χ1n) is 4.43. The van der Waals surface area contributed by atoms with Gasteiger partial charge in [-0.15, -0.1) is 10.2 Å². The van der Waals surface area contributed by atoms with E-state index in [2.05, 4.69) is 10.2 Å². The topological polar surface area (TPSA) is 35.0 Å². The maximum atomic E-state index is 5.88. The second kappa shape index (κ2) is 4.28. The minimum atomic E-state index is 0.501. The first-order chi connectivity index (χ1) is 7.29. The quantitative estimate of drug-likeness (QED) is 0.781. The Bertz CT molecular complexity index is 456. The monoisotopic (exact) mass is 220 g/mol. The van der Waals surface area contributed by atoms with Gasteiger partial charge in [0.25, 0.3) is 0 Å². The third kappa shape index (κ3) is 2.25. The molecule has 4 heteroatoms. The summed E-state index contributed by atoms with van der Waals surface area (Å²) in [5.41, 5.74) is 1.72. The molecule has 0 bridgehead atoms. The van der Waals surface area contributed by atoms with Gasteiger partial charge < -0.3 is 4.74 Å². The molecular weight excluding hydrogens is 212 g/mol. The smallest absolute Gasteiger partial charge is 0.233 e. The van der Waals surface area contributed by atoms with Crippen molar-refractivity contribution in [2.45, 2.75) is 0 Å². The van der Waals surface area contributed by atoms with Gasteiger partial charge in [-0.1, -0.05) is 23.7 Å². The minimum absolute atomic E-state index is 0.501. The number of methoxy groups -OCH3 is 1. The number of aromatic nitrogens is 2. The zero-order chi connectivity index (χ0) is 10.7. The molecule has 0 amide bonds. The number of nitrogens with zero attached hydrogens (tertiary/aromatic N) is 2. The normalized spacial score (nSPS) is 10.0. The largest absolute Gasteiger partial charge is 0.480 e. The Balaban J connectivity index is 2.37. The maximum Gasteiger partial charge on any atom is 0.233 e. The standard InChI is InChI=1S/C11H9ClN2O/c1-15-11-6-5-10(13-14-11)8-3-2-4-9(12)7-8/h2-7H,1H3. The molecule has 0 fully saturated rings. The van der Waals surface area contributed by atoms with Gasteiger partial charge in [0.05, 0.1) is 12.8 Å². The highest BCUT2D eigenvalue weighted by atomic mass is 35.5. The zero-order valence-electron chi connectivity index (χ0n) is 8.14. The number of halogens is 1. The number of rotatable bonds is 2. The molecule has 0 saturated carbocycles. The van der Waals surface area contributed by atoms with E-state index in [1.807, 2.05) is 30.3 Å². The lowest BCUT2D eigenvalue weighted by Gasteiger charge is -2.01. The molecule has 76 valence electrons. The minimum Gasteiger partial charge on any atom is -0.480 e. The van der Waals surface area contributed by atoms with E-state index in [-0.39, 0.29) is 0 Å². The van der Waals surface area contributed by atoms with E-state index in [0.29, 0.717) is 10.9 Å². The van der Waals surface area contributed by atoms with Crippen LogP contribution in [-0.2, 0) is 0 Å². The van der Waals surface area contributed by atoms with E-state index in [1.165, 1.54) is 0 Å². The second-order valence-electron chi connectivity index (χ2n) is 2.97. The molecule has 0 aliphatic heterocycles. The number of hydrogen-bond acceptors (Lipinski definition) is 3. The predicted molar refractivity (Wildman–Crippen MR) is 59.0 cm³/mol. The molecule has 0 atom stereocenters. The van der Waals surface area contributed by atoms with Crippen molar-refractivity contribution in [3.8, 4) is 17.1 Å². The van der Waals surface area contributed by atoms with E-state index in [9.17, 15) is 0 Å². The van der Waals surface area contributed by atoms with Gasteiger partial charge in [-0.25, -0.2) is 0 Å².